The van der Waals surface area contributed by atoms with E-state index in [0.29, 0.717) is 17.1 Å². The second-order valence-corrected chi connectivity index (χ2v) is 6.07. The highest BCUT2D eigenvalue weighted by Gasteiger charge is 2.28. The van der Waals surface area contributed by atoms with Crippen LogP contribution in [0.15, 0.2) is 52.0 Å². The topological polar surface area (TPSA) is 99.2 Å². The summed E-state index contributed by atoms with van der Waals surface area (Å²) in [7, 11) is 1.56. The molecule has 0 saturated heterocycles. The van der Waals surface area contributed by atoms with E-state index in [1.165, 1.54) is 35.2 Å². The smallest absolute Gasteiger partial charge is 0.345 e. The lowest BCUT2D eigenvalue weighted by atomic mass is 10.1. The zero-order chi connectivity index (χ0) is 19.8. The number of hydrogen-bond acceptors (Lipinski definition) is 6. The average Bonchev–Trinajstić information content (AvgIpc) is 3.24. The molecule has 2 aromatic heterocycles. The van der Waals surface area contributed by atoms with Gasteiger partial charge in [0.1, 0.15) is 5.82 Å². The Morgan fingerprint density at radius 2 is 2.00 bits per heavy atom. The molecule has 0 radical (unpaired) electrons. The number of benzene rings is 1. The predicted octanol–water partition coefficient (Wildman–Crippen LogP) is 4.24. The number of hydrogen-bond donors (Lipinski definition) is 2. The summed E-state index contributed by atoms with van der Waals surface area (Å²) in [6, 6.07) is 9.01. The van der Waals surface area contributed by atoms with E-state index in [1.54, 1.807) is 25.5 Å². The van der Waals surface area contributed by atoms with Gasteiger partial charge in [-0.25, -0.2) is 19.2 Å². The number of aliphatic imine (C=N–C) groups is 1. The molecule has 1 aromatic carbocycles. The highest BCUT2D eigenvalue weighted by atomic mass is 19.1. The summed E-state index contributed by atoms with van der Waals surface area (Å²) in [5, 5.41) is 20.0. The normalized spacial score (nSPS) is 13.7. The molecule has 0 amide bonds. The first-order chi connectivity index (χ1) is 13.5. The maximum atomic E-state index is 13.2. The molecule has 0 saturated carbocycles. The van der Waals surface area contributed by atoms with Crippen molar-refractivity contribution in [1.29, 1.82) is 0 Å². The first-order valence-corrected chi connectivity index (χ1v) is 8.25. The Morgan fingerprint density at radius 3 is 2.71 bits per heavy atom. The lowest BCUT2D eigenvalue weighted by Crippen LogP contribution is -2.12. The molecule has 1 aliphatic rings. The molecule has 140 valence electrons. The van der Waals surface area contributed by atoms with E-state index in [1.807, 2.05) is 6.07 Å². The van der Waals surface area contributed by atoms with Gasteiger partial charge in [-0.2, -0.15) is 0 Å². The minimum absolute atomic E-state index is 0.0282. The molecule has 3 heterocycles. The van der Waals surface area contributed by atoms with Gasteiger partial charge in [0.2, 0.25) is 5.88 Å². The summed E-state index contributed by atoms with van der Waals surface area (Å²) in [4.78, 5) is 21.4. The maximum Gasteiger partial charge on any atom is 0.345 e. The summed E-state index contributed by atoms with van der Waals surface area (Å²) >= 11 is 0. The number of allylic oxidation sites excluding steroid dienone is 1. The molecular formula is C20H14FN3O4. The van der Waals surface area contributed by atoms with Crippen LogP contribution in [0.2, 0.25) is 0 Å². The summed E-state index contributed by atoms with van der Waals surface area (Å²) in [5.41, 5.74) is 1.47. The highest BCUT2D eigenvalue weighted by Crippen LogP contribution is 2.40. The molecule has 1 aliphatic heterocycles. The van der Waals surface area contributed by atoms with Gasteiger partial charge in [0.15, 0.2) is 22.9 Å². The minimum atomic E-state index is -1.35. The number of rotatable bonds is 4. The van der Waals surface area contributed by atoms with Crippen LogP contribution in [-0.2, 0) is 0 Å². The van der Waals surface area contributed by atoms with E-state index in [-0.39, 0.29) is 17.2 Å². The molecule has 0 spiro atoms. The number of aromatic carboxylic acids is 1. The third kappa shape index (κ3) is 2.90. The Hall–Kier alpha value is -3.94. The summed E-state index contributed by atoms with van der Waals surface area (Å²) < 4.78 is 18.8. The highest BCUT2D eigenvalue weighted by molar-refractivity contribution is 6.21. The second-order valence-electron chi connectivity index (χ2n) is 6.07. The fraction of sp³-hybridized carbons (Fsp3) is 0.0500. The van der Waals surface area contributed by atoms with E-state index >= 15 is 0 Å². The van der Waals surface area contributed by atoms with Crippen LogP contribution in [0.25, 0.3) is 11.6 Å². The molecule has 0 aliphatic carbocycles. The van der Waals surface area contributed by atoms with Crippen molar-refractivity contribution >= 4 is 41.2 Å². The first-order valence-electron chi connectivity index (χ1n) is 8.25. The lowest BCUT2D eigenvalue weighted by molar-refractivity contribution is 0.0694. The number of furan rings is 1. The Labute approximate surface area is 158 Å². The molecule has 0 bridgehead atoms. The van der Waals surface area contributed by atoms with Gasteiger partial charge in [0, 0.05) is 36.3 Å². The van der Waals surface area contributed by atoms with Crippen LogP contribution in [0.4, 0.5) is 21.8 Å². The van der Waals surface area contributed by atoms with E-state index < -0.39 is 17.5 Å². The number of halogens is 1. The van der Waals surface area contributed by atoms with Crippen LogP contribution < -0.4 is 4.90 Å². The van der Waals surface area contributed by atoms with Gasteiger partial charge in [-0.3, -0.25) is 0 Å². The number of fused-ring (bicyclic) bond motifs is 1. The maximum absolute atomic E-state index is 13.2. The summed E-state index contributed by atoms with van der Waals surface area (Å²) in [6.07, 6.45) is 4.67. The van der Waals surface area contributed by atoms with E-state index in [9.17, 15) is 19.4 Å². The zero-order valence-electron chi connectivity index (χ0n) is 14.6. The lowest BCUT2D eigenvalue weighted by Gasteiger charge is -2.16. The number of nitrogens with zero attached hydrogens (tertiary/aromatic N) is 3. The van der Waals surface area contributed by atoms with Crippen LogP contribution in [0, 0.1) is 5.82 Å². The Kier molecular flexibility index (Phi) is 4.15. The second kappa shape index (κ2) is 6.66. The zero-order valence-corrected chi connectivity index (χ0v) is 14.6. The SMILES string of the molecule is CN(c1ccc(F)cc1)c1oc(C=C2C=Nc3ncccc32)c(O)c1C(=O)O. The van der Waals surface area contributed by atoms with E-state index in [0.717, 1.165) is 5.56 Å². The van der Waals surface area contributed by atoms with Crippen molar-refractivity contribution in [3.63, 3.8) is 0 Å². The monoisotopic (exact) mass is 379 g/mol. The largest absolute Gasteiger partial charge is 0.504 e. The van der Waals surface area contributed by atoms with Crippen molar-refractivity contribution in [3.05, 3.63) is 65.3 Å². The molecule has 28 heavy (non-hydrogen) atoms. The van der Waals surface area contributed by atoms with Gasteiger partial charge in [0.25, 0.3) is 0 Å². The molecule has 7 nitrogen and oxygen atoms in total. The van der Waals surface area contributed by atoms with Crippen molar-refractivity contribution in [1.82, 2.24) is 4.98 Å². The van der Waals surface area contributed by atoms with E-state index in [4.69, 9.17) is 4.42 Å². The molecule has 4 rings (SSSR count). The number of carboxylic acid groups (broad SMARTS) is 1. The van der Waals surface area contributed by atoms with Crippen LogP contribution in [0.1, 0.15) is 21.7 Å². The summed E-state index contributed by atoms with van der Waals surface area (Å²) in [5.74, 6) is -1.85. The van der Waals surface area contributed by atoms with Gasteiger partial charge in [-0.1, -0.05) is 0 Å². The Morgan fingerprint density at radius 1 is 1.25 bits per heavy atom. The third-order valence-electron chi connectivity index (χ3n) is 4.33. The number of aromatic nitrogens is 1. The number of pyridine rings is 1. The molecular weight excluding hydrogens is 365 g/mol. The number of carbonyl (C=O) groups is 1. The summed E-state index contributed by atoms with van der Waals surface area (Å²) in [6.45, 7) is 0. The van der Waals surface area contributed by atoms with Crippen LogP contribution >= 0.6 is 0 Å². The number of aromatic hydroxyl groups is 1. The van der Waals surface area contributed by atoms with Crippen molar-refractivity contribution in [3.8, 4) is 5.75 Å². The number of anilines is 2. The minimum Gasteiger partial charge on any atom is -0.504 e. The van der Waals surface area contributed by atoms with Crippen molar-refractivity contribution in [2.45, 2.75) is 0 Å². The molecule has 2 N–H and O–H groups in total. The Balaban J connectivity index is 1.80. The van der Waals surface area contributed by atoms with Crippen molar-refractivity contribution < 1.29 is 23.8 Å². The van der Waals surface area contributed by atoms with Crippen molar-refractivity contribution in [2.24, 2.45) is 4.99 Å². The van der Waals surface area contributed by atoms with E-state index in [2.05, 4.69) is 9.98 Å². The molecule has 0 fully saturated rings. The van der Waals surface area contributed by atoms with Crippen molar-refractivity contribution in [2.75, 3.05) is 11.9 Å². The van der Waals surface area contributed by atoms with Gasteiger partial charge < -0.3 is 19.5 Å². The van der Waals surface area contributed by atoms with Gasteiger partial charge >= 0.3 is 5.97 Å². The van der Waals surface area contributed by atoms with Gasteiger partial charge in [-0.05, 0) is 42.5 Å². The van der Waals surface area contributed by atoms with Gasteiger partial charge in [0.05, 0.1) is 0 Å². The predicted molar refractivity (Wildman–Crippen MR) is 102 cm³/mol. The average molecular weight is 379 g/mol. The quantitative estimate of drug-likeness (QED) is 0.703. The first kappa shape index (κ1) is 17.5. The standard InChI is InChI=1S/C20H14FN3O4/c1-24(13-6-4-12(21)5-7-13)19-16(20(26)27)17(25)15(28-19)9-11-10-23-18-14(11)3-2-8-22-18/h2-10,25H,1H3,(H,26,27). The molecule has 8 heteroatoms. The third-order valence-corrected chi connectivity index (χ3v) is 4.33. The van der Waals surface area contributed by atoms with Crippen LogP contribution in [0.3, 0.4) is 0 Å². The fourth-order valence-electron chi connectivity index (χ4n) is 2.92. The van der Waals surface area contributed by atoms with Gasteiger partial charge in [-0.15, -0.1) is 0 Å². The van der Waals surface area contributed by atoms with Crippen LogP contribution in [0.5, 0.6) is 5.75 Å². The molecule has 0 unspecified atom stereocenters. The molecule has 0 atom stereocenters. The molecule has 3 aromatic rings. The van der Waals surface area contributed by atoms with Crippen LogP contribution in [-0.4, -0.2) is 34.4 Å². The number of carboxylic acids is 1. The fourth-order valence-corrected chi connectivity index (χ4v) is 2.92. The Bertz CT molecular complexity index is 1130.